The molecule has 23 heavy (non-hydrogen) atoms. The lowest BCUT2D eigenvalue weighted by Gasteiger charge is -2.32. The van der Waals surface area contributed by atoms with Crippen LogP contribution in [-0.2, 0) is 4.79 Å². The number of nitrogens with zero attached hydrogens (tertiary/aromatic N) is 1. The maximum atomic E-state index is 12.6. The predicted molar refractivity (Wildman–Crippen MR) is 85.3 cm³/mol. The third-order valence-corrected chi connectivity index (χ3v) is 3.99. The zero-order valence-corrected chi connectivity index (χ0v) is 13.2. The Balaban J connectivity index is 2.06. The van der Waals surface area contributed by atoms with Gasteiger partial charge in [0.1, 0.15) is 0 Å². The van der Waals surface area contributed by atoms with Crippen LogP contribution in [0.4, 0.5) is 0 Å². The van der Waals surface area contributed by atoms with Crippen LogP contribution in [0, 0.1) is 5.92 Å². The second-order valence-electron chi connectivity index (χ2n) is 5.77. The Labute approximate surface area is 135 Å². The molecule has 1 aromatic rings. The van der Waals surface area contributed by atoms with E-state index in [9.17, 15) is 14.4 Å². The van der Waals surface area contributed by atoms with Gasteiger partial charge in [-0.05, 0) is 37.5 Å². The zero-order chi connectivity index (χ0) is 16.8. The lowest BCUT2D eigenvalue weighted by Crippen LogP contribution is -2.45. The number of piperidine rings is 1. The number of carbonyl (C=O) groups is 3. The number of likely N-dealkylation sites (tertiary alicyclic amines) is 1. The van der Waals surface area contributed by atoms with Gasteiger partial charge in [0.25, 0.3) is 5.91 Å². The van der Waals surface area contributed by atoms with Crippen molar-refractivity contribution in [1.82, 2.24) is 10.2 Å². The molecule has 124 valence electrons. The van der Waals surface area contributed by atoms with Gasteiger partial charge in [-0.2, -0.15) is 0 Å². The molecule has 0 radical (unpaired) electrons. The molecule has 1 saturated heterocycles. The number of hydrogen-bond acceptors (Lipinski definition) is 3. The first kappa shape index (κ1) is 17.0. The molecule has 1 aromatic carbocycles. The minimum Gasteiger partial charge on any atom is -0.478 e. The van der Waals surface area contributed by atoms with Crippen LogP contribution in [0.2, 0.25) is 0 Å². The van der Waals surface area contributed by atoms with Crippen LogP contribution in [-0.4, -0.2) is 47.4 Å². The van der Waals surface area contributed by atoms with E-state index < -0.39 is 5.97 Å². The number of benzene rings is 1. The molecule has 1 atom stereocenters. The number of aromatic carboxylic acids is 1. The summed E-state index contributed by atoms with van der Waals surface area (Å²) in [5.41, 5.74) is 0.435. The summed E-state index contributed by atoms with van der Waals surface area (Å²) in [6.07, 6.45) is 2.42. The largest absolute Gasteiger partial charge is 0.478 e. The van der Waals surface area contributed by atoms with Gasteiger partial charge in [-0.1, -0.05) is 13.0 Å². The number of hydrogen-bond donors (Lipinski definition) is 2. The van der Waals surface area contributed by atoms with Crippen molar-refractivity contribution in [3.05, 3.63) is 35.4 Å². The average Bonchev–Trinajstić information content (AvgIpc) is 2.59. The van der Waals surface area contributed by atoms with Crippen LogP contribution in [0.1, 0.15) is 46.9 Å². The van der Waals surface area contributed by atoms with E-state index in [4.69, 9.17) is 5.11 Å². The molecule has 0 unspecified atom stereocenters. The number of carboxylic acids is 1. The lowest BCUT2D eigenvalue weighted by atomic mass is 9.96. The van der Waals surface area contributed by atoms with Gasteiger partial charge in [-0.25, -0.2) is 4.79 Å². The quantitative estimate of drug-likeness (QED) is 0.866. The Kier molecular flexibility index (Phi) is 5.73. The molecule has 1 fully saturated rings. The Bertz CT molecular complexity index is 600. The van der Waals surface area contributed by atoms with Crippen molar-refractivity contribution in [2.75, 3.05) is 19.6 Å². The molecule has 0 aliphatic carbocycles. The second kappa shape index (κ2) is 7.76. The minimum absolute atomic E-state index is 0.0105. The summed E-state index contributed by atoms with van der Waals surface area (Å²) in [6.45, 7) is 3.61. The van der Waals surface area contributed by atoms with E-state index in [1.54, 1.807) is 17.0 Å². The summed E-state index contributed by atoms with van der Waals surface area (Å²) < 4.78 is 0. The zero-order valence-electron chi connectivity index (χ0n) is 13.2. The van der Waals surface area contributed by atoms with E-state index >= 15 is 0 Å². The van der Waals surface area contributed by atoms with Crippen molar-refractivity contribution in [3.8, 4) is 0 Å². The number of carbonyl (C=O) groups excluding carboxylic acids is 2. The van der Waals surface area contributed by atoms with Crippen LogP contribution in [0.5, 0.6) is 0 Å². The standard InChI is InChI=1S/C17H22N2O4/c1-2-8-18-15(20)14-7-4-9-19(11-14)16(21)12-5-3-6-13(10-12)17(22)23/h3,5-6,10,14H,2,4,7-9,11H2,1H3,(H,18,20)(H,22,23)/t14-/m0/s1. The topological polar surface area (TPSA) is 86.7 Å². The van der Waals surface area contributed by atoms with Crippen LogP contribution < -0.4 is 5.32 Å². The smallest absolute Gasteiger partial charge is 0.335 e. The molecule has 0 bridgehead atoms. The normalized spacial score (nSPS) is 17.6. The fourth-order valence-corrected chi connectivity index (χ4v) is 2.74. The highest BCUT2D eigenvalue weighted by Gasteiger charge is 2.28. The van der Waals surface area contributed by atoms with E-state index in [-0.39, 0.29) is 23.3 Å². The van der Waals surface area contributed by atoms with E-state index in [0.717, 1.165) is 19.3 Å². The summed E-state index contributed by atoms with van der Waals surface area (Å²) in [7, 11) is 0. The molecular weight excluding hydrogens is 296 g/mol. The van der Waals surface area contributed by atoms with Gasteiger partial charge < -0.3 is 15.3 Å². The third-order valence-electron chi connectivity index (χ3n) is 3.99. The molecule has 1 heterocycles. The summed E-state index contributed by atoms with van der Waals surface area (Å²) in [6, 6.07) is 6.00. The molecule has 1 aliphatic rings. The molecule has 2 amide bonds. The molecule has 1 aliphatic heterocycles. The van der Waals surface area contributed by atoms with Crippen molar-refractivity contribution >= 4 is 17.8 Å². The first-order valence-corrected chi connectivity index (χ1v) is 7.93. The van der Waals surface area contributed by atoms with Crippen molar-refractivity contribution in [2.45, 2.75) is 26.2 Å². The van der Waals surface area contributed by atoms with Gasteiger partial charge in [-0.15, -0.1) is 0 Å². The van der Waals surface area contributed by atoms with Gasteiger partial charge in [-0.3, -0.25) is 9.59 Å². The van der Waals surface area contributed by atoms with Crippen LogP contribution >= 0.6 is 0 Å². The fourth-order valence-electron chi connectivity index (χ4n) is 2.74. The van der Waals surface area contributed by atoms with Crippen LogP contribution in [0.25, 0.3) is 0 Å². The number of rotatable bonds is 5. The summed E-state index contributed by atoms with van der Waals surface area (Å²) >= 11 is 0. The maximum Gasteiger partial charge on any atom is 0.335 e. The molecule has 0 aromatic heterocycles. The van der Waals surface area contributed by atoms with E-state index in [1.165, 1.54) is 12.1 Å². The van der Waals surface area contributed by atoms with E-state index in [1.807, 2.05) is 6.92 Å². The lowest BCUT2D eigenvalue weighted by molar-refractivity contribution is -0.126. The Morgan fingerprint density at radius 3 is 2.74 bits per heavy atom. The highest BCUT2D eigenvalue weighted by Crippen LogP contribution is 2.19. The summed E-state index contributed by atoms with van der Waals surface area (Å²) in [5.74, 6) is -1.48. The van der Waals surface area contributed by atoms with Crippen LogP contribution in [0.15, 0.2) is 24.3 Å². The molecule has 6 nitrogen and oxygen atoms in total. The van der Waals surface area contributed by atoms with E-state index in [0.29, 0.717) is 25.2 Å². The Hall–Kier alpha value is -2.37. The molecular formula is C17H22N2O4. The number of nitrogens with one attached hydrogen (secondary N) is 1. The molecule has 0 spiro atoms. The molecule has 2 N–H and O–H groups in total. The second-order valence-corrected chi connectivity index (χ2v) is 5.77. The minimum atomic E-state index is -1.06. The molecule has 6 heteroatoms. The number of carboxylic acid groups (broad SMARTS) is 1. The molecule has 2 rings (SSSR count). The van der Waals surface area contributed by atoms with Gasteiger partial charge in [0.05, 0.1) is 11.5 Å². The van der Waals surface area contributed by atoms with Crippen LogP contribution in [0.3, 0.4) is 0 Å². The summed E-state index contributed by atoms with van der Waals surface area (Å²) in [4.78, 5) is 37.3. The SMILES string of the molecule is CCCNC(=O)[C@H]1CCCN(C(=O)c2cccc(C(=O)O)c2)C1. The van der Waals surface area contributed by atoms with Crippen molar-refractivity contribution in [2.24, 2.45) is 5.92 Å². The van der Waals surface area contributed by atoms with Gasteiger partial charge in [0.2, 0.25) is 5.91 Å². The fraction of sp³-hybridized carbons (Fsp3) is 0.471. The maximum absolute atomic E-state index is 12.6. The Morgan fingerprint density at radius 1 is 1.30 bits per heavy atom. The predicted octanol–water partition coefficient (Wildman–Crippen LogP) is 1.76. The van der Waals surface area contributed by atoms with Crippen molar-refractivity contribution < 1.29 is 19.5 Å². The van der Waals surface area contributed by atoms with Gasteiger partial charge >= 0.3 is 5.97 Å². The van der Waals surface area contributed by atoms with Gasteiger partial charge in [0.15, 0.2) is 0 Å². The summed E-state index contributed by atoms with van der Waals surface area (Å²) in [5, 5.41) is 11.9. The van der Waals surface area contributed by atoms with Crippen molar-refractivity contribution in [1.29, 1.82) is 0 Å². The average molecular weight is 318 g/mol. The van der Waals surface area contributed by atoms with Gasteiger partial charge in [0, 0.05) is 25.2 Å². The first-order valence-electron chi connectivity index (χ1n) is 7.93. The first-order chi connectivity index (χ1) is 11.0. The Morgan fingerprint density at radius 2 is 2.04 bits per heavy atom. The van der Waals surface area contributed by atoms with Crippen molar-refractivity contribution in [3.63, 3.8) is 0 Å². The number of amides is 2. The highest BCUT2D eigenvalue weighted by molar-refractivity contribution is 5.97. The third kappa shape index (κ3) is 4.31. The highest BCUT2D eigenvalue weighted by atomic mass is 16.4. The van der Waals surface area contributed by atoms with E-state index in [2.05, 4.69) is 5.32 Å². The monoisotopic (exact) mass is 318 g/mol. The molecule has 0 saturated carbocycles.